The quantitative estimate of drug-likeness (QED) is 0.832. The first-order valence-electron chi connectivity index (χ1n) is 7.70. The zero-order chi connectivity index (χ0) is 14.5. The topological polar surface area (TPSA) is 55.1 Å². The van der Waals surface area contributed by atoms with Crippen LogP contribution in [0.15, 0.2) is 24.3 Å². The fraction of sp³-hybridized carbons (Fsp3) is 0.588. The highest BCUT2D eigenvalue weighted by Gasteiger charge is 2.27. The van der Waals surface area contributed by atoms with E-state index in [1.54, 1.807) is 0 Å². The average Bonchev–Trinajstić information content (AvgIpc) is 2.64. The van der Waals surface area contributed by atoms with Crippen molar-refractivity contribution in [1.82, 2.24) is 5.32 Å². The molecule has 3 nitrogen and oxygen atoms in total. The van der Waals surface area contributed by atoms with E-state index >= 15 is 0 Å². The van der Waals surface area contributed by atoms with Gasteiger partial charge in [0.25, 0.3) is 0 Å². The third-order valence-corrected chi connectivity index (χ3v) is 4.34. The second-order valence-electron chi connectivity index (χ2n) is 6.05. The maximum atomic E-state index is 12.4. The lowest BCUT2D eigenvalue weighted by Gasteiger charge is -2.23. The normalized spacial score (nSPS) is 24.8. The van der Waals surface area contributed by atoms with Gasteiger partial charge in [0.1, 0.15) is 0 Å². The van der Waals surface area contributed by atoms with Gasteiger partial charge in [0.2, 0.25) is 5.91 Å². The van der Waals surface area contributed by atoms with E-state index in [1.165, 1.54) is 12.0 Å². The predicted molar refractivity (Wildman–Crippen MR) is 82.3 cm³/mol. The number of benzene rings is 1. The van der Waals surface area contributed by atoms with E-state index in [2.05, 4.69) is 36.5 Å². The number of rotatable bonds is 3. The van der Waals surface area contributed by atoms with Gasteiger partial charge in [-0.3, -0.25) is 4.79 Å². The molecule has 1 saturated carbocycles. The van der Waals surface area contributed by atoms with Gasteiger partial charge in [-0.2, -0.15) is 0 Å². The molecule has 20 heavy (non-hydrogen) atoms. The van der Waals surface area contributed by atoms with E-state index in [1.807, 2.05) is 6.92 Å². The lowest BCUT2D eigenvalue weighted by molar-refractivity contribution is -0.126. The Hall–Kier alpha value is -1.35. The molecule has 0 bridgehead atoms. The maximum absolute atomic E-state index is 12.4. The molecule has 0 spiro atoms. The smallest absolute Gasteiger partial charge is 0.225 e. The number of amides is 1. The van der Waals surface area contributed by atoms with Crippen molar-refractivity contribution in [1.29, 1.82) is 0 Å². The van der Waals surface area contributed by atoms with Crippen molar-refractivity contribution in [3.63, 3.8) is 0 Å². The van der Waals surface area contributed by atoms with E-state index in [-0.39, 0.29) is 23.9 Å². The van der Waals surface area contributed by atoms with Gasteiger partial charge in [-0.05, 0) is 32.3 Å². The van der Waals surface area contributed by atoms with Crippen LogP contribution in [0.3, 0.4) is 0 Å². The molecule has 110 valence electrons. The van der Waals surface area contributed by atoms with Crippen molar-refractivity contribution in [3.8, 4) is 0 Å². The number of carbonyl (C=O) groups is 1. The molecule has 1 amide bonds. The fourth-order valence-electron chi connectivity index (χ4n) is 2.92. The summed E-state index contributed by atoms with van der Waals surface area (Å²) in [6, 6.07) is 8.37. The number of hydrogen-bond acceptors (Lipinski definition) is 2. The van der Waals surface area contributed by atoms with Crippen molar-refractivity contribution in [3.05, 3.63) is 35.4 Å². The predicted octanol–water partition coefficient (Wildman–Crippen LogP) is 3.08. The molecular weight excluding hydrogens is 248 g/mol. The summed E-state index contributed by atoms with van der Waals surface area (Å²) in [5.41, 5.74) is 8.53. The second-order valence-corrected chi connectivity index (χ2v) is 6.05. The van der Waals surface area contributed by atoms with Crippen molar-refractivity contribution >= 4 is 5.91 Å². The molecule has 1 aliphatic rings. The van der Waals surface area contributed by atoms with Crippen LogP contribution in [0.25, 0.3) is 0 Å². The Morgan fingerprint density at radius 1 is 1.20 bits per heavy atom. The molecule has 3 atom stereocenters. The molecule has 1 aromatic carbocycles. The van der Waals surface area contributed by atoms with Crippen molar-refractivity contribution in [2.45, 2.75) is 58.0 Å². The van der Waals surface area contributed by atoms with Crippen LogP contribution in [0.2, 0.25) is 0 Å². The minimum atomic E-state index is -0.0228. The number of nitrogens with one attached hydrogen (secondary N) is 1. The summed E-state index contributed by atoms with van der Waals surface area (Å²) in [5, 5.41) is 3.12. The number of carbonyl (C=O) groups excluding carboxylic acids is 1. The largest absolute Gasteiger partial charge is 0.349 e. The van der Waals surface area contributed by atoms with Gasteiger partial charge in [0, 0.05) is 6.04 Å². The Labute approximate surface area is 121 Å². The van der Waals surface area contributed by atoms with Crippen LogP contribution >= 0.6 is 0 Å². The van der Waals surface area contributed by atoms with Crippen LogP contribution in [0.4, 0.5) is 0 Å². The monoisotopic (exact) mass is 274 g/mol. The molecule has 3 N–H and O–H groups in total. The molecule has 0 aromatic heterocycles. The van der Waals surface area contributed by atoms with E-state index in [4.69, 9.17) is 5.73 Å². The van der Waals surface area contributed by atoms with Crippen LogP contribution in [0, 0.1) is 12.8 Å². The standard InChI is InChI=1S/C17H26N2O/c1-12-8-10-14(11-9-12)13(2)19-17(20)15-6-4-3-5-7-16(15)18/h8-11,13,15-16H,3-7,18H2,1-2H3,(H,19,20). The highest BCUT2D eigenvalue weighted by molar-refractivity contribution is 5.79. The molecule has 0 saturated heterocycles. The van der Waals surface area contributed by atoms with Gasteiger partial charge in [-0.25, -0.2) is 0 Å². The summed E-state index contributed by atoms with van der Waals surface area (Å²) in [4.78, 5) is 12.4. The Kier molecular flexibility index (Phi) is 5.18. The molecule has 1 aromatic rings. The molecule has 3 unspecified atom stereocenters. The van der Waals surface area contributed by atoms with Gasteiger partial charge in [0.05, 0.1) is 12.0 Å². The first-order chi connectivity index (χ1) is 9.58. The number of nitrogens with two attached hydrogens (primary N) is 1. The summed E-state index contributed by atoms with van der Waals surface area (Å²) >= 11 is 0. The molecule has 0 radical (unpaired) electrons. The van der Waals surface area contributed by atoms with Crippen LogP contribution in [-0.2, 0) is 4.79 Å². The summed E-state index contributed by atoms with van der Waals surface area (Å²) in [7, 11) is 0. The molecule has 3 heteroatoms. The van der Waals surface area contributed by atoms with Crippen molar-refractivity contribution < 1.29 is 4.79 Å². The lowest BCUT2D eigenvalue weighted by Crippen LogP contribution is -2.42. The lowest BCUT2D eigenvalue weighted by atomic mass is 9.94. The molecule has 1 fully saturated rings. The van der Waals surface area contributed by atoms with E-state index in [0.29, 0.717) is 0 Å². The summed E-state index contributed by atoms with van der Waals surface area (Å²) in [6.45, 7) is 4.10. The van der Waals surface area contributed by atoms with Crippen LogP contribution in [-0.4, -0.2) is 11.9 Å². The number of hydrogen-bond donors (Lipinski definition) is 2. The van der Waals surface area contributed by atoms with E-state index in [0.717, 1.165) is 31.2 Å². The Morgan fingerprint density at radius 2 is 1.85 bits per heavy atom. The Morgan fingerprint density at radius 3 is 2.55 bits per heavy atom. The Bertz CT molecular complexity index is 441. The second kappa shape index (κ2) is 6.89. The highest BCUT2D eigenvalue weighted by Crippen LogP contribution is 2.23. The summed E-state index contributed by atoms with van der Waals surface area (Å²) < 4.78 is 0. The Balaban J connectivity index is 1.97. The molecule has 0 heterocycles. The van der Waals surface area contributed by atoms with E-state index < -0.39 is 0 Å². The highest BCUT2D eigenvalue weighted by atomic mass is 16.2. The average molecular weight is 274 g/mol. The molecule has 1 aliphatic carbocycles. The third kappa shape index (κ3) is 3.83. The first-order valence-corrected chi connectivity index (χ1v) is 7.70. The van der Waals surface area contributed by atoms with Crippen molar-refractivity contribution in [2.75, 3.05) is 0 Å². The fourth-order valence-corrected chi connectivity index (χ4v) is 2.92. The third-order valence-electron chi connectivity index (χ3n) is 4.34. The SMILES string of the molecule is Cc1ccc(C(C)NC(=O)C2CCCCCC2N)cc1. The molecule has 0 aliphatic heterocycles. The van der Waals surface area contributed by atoms with Gasteiger partial charge in [-0.1, -0.05) is 49.1 Å². The summed E-state index contributed by atoms with van der Waals surface area (Å²) in [6.07, 6.45) is 5.36. The zero-order valence-corrected chi connectivity index (χ0v) is 12.6. The van der Waals surface area contributed by atoms with Gasteiger partial charge < -0.3 is 11.1 Å². The molecular formula is C17H26N2O. The van der Waals surface area contributed by atoms with Gasteiger partial charge in [-0.15, -0.1) is 0 Å². The molecule has 2 rings (SSSR count). The van der Waals surface area contributed by atoms with E-state index in [9.17, 15) is 4.79 Å². The number of aryl methyl sites for hydroxylation is 1. The van der Waals surface area contributed by atoms with Crippen LogP contribution in [0.5, 0.6) is 0 Å². The summed E-state index contributed by atoms with van der Waals surface area (Å²) in [5.74, 6) is 0.0953. The van der Waals surface area contributed by atoms with Crippen molar-refractivity contribution in [2.24, 2.45) is 11.7 Å². The zero-order valence-electron chi connectivity index (χ0n) is 12.6. The minimum absolute atomic E-state index is 0.0164. The van der Waals surface area contributed by atoms with Gasteiger partial charge in [0.15, 0.2) is 0 Å². The maximum Gasteiger partial charge on any atom is 0.225 e. The van der Waals surface area contributed by atoms with Gasteiger partial charge >= 0.3 is 0 Å². The van der Waals surface area contributed by atoms with Crippen LogP contribution in [0.1, 0.15) is 56.2 Å². The minimum Gasteiger partial charge on any atom is -0.349 e. The van der Waals surface area contributed by atoms with Crippen LogP contribution < -0.4 is 11.1 Å². The first kappa shape index (κ1) is 15.0.